The lowest BCUT2D eigenvalue weighted by Gasteiger charge is -2.13. The Balaban J connectivity index is 1.66. The molecular weight excluding hydrogens is 356 g/mol. The van der Waals surface area contributed by atoms with Gasteiger partial charge in [-0.25, -0.2) is 8.42 Å². The maximum atomic E-state index is 12.4. The predicted molar refractivity (Wildman–Crippen MR) is 89.3 cm³/mol. The van der Waals surface area contributed by atoms with E-state index >= 15 is 0 Å². The summed E-state index contributed by atoms with van der Waals surface area (Å²) in [4.78, 5) is 12.7. The number of nitrogens with one attached hydrogen (secondary N) is 1. The molecular formula is C13H16N4O3S3. The third-order valence-corrected chi connectivity index (χ3v) is 7.61. The van der Waals surface area contributed by atoms with Crippen molar-refractivity contribution in [3.8, 4) is 0 Å². The molecule has 3 rings (SSSR count). The Kier molecular flexibility index (Phi) is 4.76. The van der Waals surface area contributed by atoms with E-state index in [1.165, 1.54) is 15.6 Å². The summed E-state index contributed by atoms with van der Waals surface area (Å²) in [7, 11) is -3.41. The smallest absolute Gasteiger partial charge is 0.252 e. The first kappa shape index (κ1) is 16.5. The highest BCUT2D eigenvalue weighted by atomic mass is 32.2. The summed E-state index contributed by atoms with van der Waals surface area (Å²) in [6.07, 6.45) is 1.93. The number of sulfonamides is 1. The average Bonchev–Trinajstić information content (AvgIpc) is 3.20. The van der Waals surface area contributed by atoms with E-state index in [1.54, 1.807) is 12.1 Å². The van der Waals surface area contributed by atoms with E-state index in [-0.39, 0.29) is 12.3 Å². The average molecular weight is 372 g/mol. The summed E-state index contributed by atoms with van der Waals surface area (Å²) in [5.74, 6) is -0.229. The van der Waals surface area contributed by atoms with Crippen LogP contribution in [-0.4, -0.2) is 41.9 Å². The fraction of sp³-hybridized carbons (Fsp3) is 0.462. The number of thiophene rings is 1. The van der Waals surface area contributed by atoms with Gasteiger partial charge < -0.3 is 5.32 Å². The number of aromatic nitrogens is 2. The molecule has 124 valence electrons. The van der Waals surface area contributed by atoms with Crippen molar-refractivity contribution in [1.29, 1.82) is 0 Å². The predicted octanol–water partition coefficient (Wildman–Crippen LogP) is 1.87. The zero-order chi connectivity index (χ0) is 16.4. The van der Waals surface area contributed by atoms with Crippen LogP contribution in [0.1, 0.15) is 22.7 Å². The van der Waals surface area contributed by atoms with E-state index in [9.17, 15) is 13.2 Å². The van der Waals surface area contributed by atoms with E-state index in [0.717, 1.165) is 29.2 Å². The zero-order valence-electron chi connectivity index (χ0n) is 12.5. The molecule has 3 heterocycles. The molecule has 0 aromatic carbocycles. The van der Waals surface area contributed by atoms with Gasteiger partial charge in [-0.3, -0.25) is 4.79 Å². The van der Waals surface area contributed by atoms with Gasteiger partial charge in [0.05, 0.1) is 6.42 Å². The number of carbonyl (C=O) groups excluding carboxylic acids is 1. The molecule has 2 aromatic rings. The quantitative estimate of drug-likeness (QED) is 0.865. The van der Waals surface area contributed by atoms with E-state index in [0.29, 0.717) is 27.3 Å². The Morgan fingerprint density at radius 1 is 1.26 bits per heavy atom. The summed E-state index contributed by atoms with van der Waals surface area (Å²) in [6, 6.07) is 3.27. The fourth-order valence-electron chi connectivity index (χ4n) is 2.32. The summed E-state index contributed by atoms with van der Waals surface area (Å²) in [5, 5.41) is 11.6. The van der Waals surface area contributed by atoms with Gasteiger partial charge >= 0.3 is 0 Å². The van der Waals surface area contributed by atoms with Gasteiger partial charge in [0.1, 0.15) is 9.22 Å². The van der Waals surface area contributed by atoms with Crippen molar-refractivity contribution < 1.29 is 13.2 Å². The van der Waals surface area contributed by atoms with E-state index in [2.05, 4.69) is 15.5 Å². The fourth-order valence-corrected chi connectivity index (χ4v) is 5.95. The molecule has 0 saturated carbocycles. The van der Waals surface area contributed by atoms with Crippen molar-refractivity contribution in [2.75, 3.05) is 18.4 Å². The lowest BCUT2D eigenvalue weighted by Crippen LogP contribution is -2.27. The Morgan fingerprint density at radius 2 is 2.00 bits per heavy atom. The third-order valence-electron chi connectivity index (χ3n) is 3.40. The number of nitrogens with zero attached hydrogens (tertiary/aromatic N) is 3. The van der Waals surface area contributed by atoms with Crippen LogP contribution in [-0.2, 0) is 21.2 Å². The Bertz CT molecular complexity index is 806. The molecule has 0 radical (unpaired) electrons. The molecule has 0 bridgehead atoms. The number of carbonyl (C=O) groups is 1. The van der Waals surface area contributed by atoms with Crippen LogP contribution >= 0.6 is 22.7 Å². The zero-order valence-corrected chi connectivity index (χ0v) is 14.9. The van der Waals surface area contributed by atoms with Crippen LogP contribution in [0.25, 0.3) is 0 Å². The van der Waals surface area contributed by atoms with Crippen molar-refractivity contribution in [3.63, 3.8) is 0 Å². The van der Waals surface area contributed by atoms with Crippen LogP contribution in [0, 0.1) is 6.92 Å². The van der Waals surface area contributed by atoms with E-state index < -0.39 is 10.0 Å². The van der Waals surface area contributed by atoms with Crippen LogP contribution in [0.15, 0.2) is 16.3 Å². The monoisotopic (exact) mass is 372 g/mol. The van der Waals surface area contributed by atoms with Gasteiger partial charge in [0.25, 0.3) is 10.0 Å². The SMILES string of the molecule is Cc1nnc(NC(=O)Cc2ccc(S(=O)(=O)N3CCCC3)s2)s1. The molecule has 1 N–H and O–H groups in total. The van der Waals surface area contributed by atoms with Gasteiger partial charge in [-0.2, -0.15) is 4.31 Å². The Labute approximate surface area is 142 Å². The van der Waals surface area contributed by atoms with Crippen LogP contribution < -0.4 is 5.32 Å². The molecule has 0 unspecified atom stereocenters. The van der Waals surface area contributed by atoms with Crippen molar-refractivity contribution >= 4 is 43.7 Å². The lowest BCUT2D eigenvalue weighted by atomic mass is 10.3. The number of rotatable bonds is 5. The highest BCUT2D eigenvalue weighted by Crippen LogP contribution is 2.27. The summed E-state index contributed by atoms with van der Waals surface area (Å²) in [6.45, 7) is 2.96. The molecule has 7 nitrogen and oxygen atoms in total. The first-order valence-electron chi connectivity index (χ1n) is 7.14. The largest absolute Gasteiger partial charge is 0.300 e. The van der Waals surface area contributed by atoms with Gasteiger partial charge in [-0.15, -0.1) is 21.5 Å². The van der Waals surface area contributed by atoms with Gasteiger partial charge in [-0.1, -0.05) is 11.3 Å². The van der Waals surface area contributed by atoms with Crippen molar-refractivity contribution in [3.05, 3.63) is 22.0 Å². The Morgan fingerprint density at radius 3 is 2.65 bits per heavy atom. The lowest BCUT2D eigenvalue weighted by molar-refractivity contribution is -0.115. The second kappa shape index (κ2) is 6.63. The molecule has 1 aliphatic rings. The van der Waals surface area contributed by atoms with Crippen LogP contribution in [0.5, 0.6) is 0 Å². The second-order valence-electron chi connectivity index (χ2n) is 5.18. The first-order valence-corrected chi connectivity index (χ1v) is 10.2. The van der Waals surface area contributed by atoms with Crippen LogP contribution in [0.4, 0.5) is 5.13 Å². The van der Waals surface area contributed by atoms with E-state index in [4.69, 9.17) is 0 Å². The van der Waals surface area contributed by atoms with E-state index in [1.807, 2.05) is 6.92 Å². The molecule has 1 amide bonds. The second-order valence-corrected chi connectivity index (χ2v) is 9.70. The summed E-state index contributed by atoms with van der Waals surface area (Å²) >= 11 is 2.45. The minimum absolute atomic E-state index is 0.124. The number of amides is 1. The number of hydrogen-bond donors (Lipinski definition) is 1. The van der Waals surface area contributed by atoms with Crippen molar-refractivity contribution in [2.24, 2.45) is 0 Å². The number of aryl methyl sites for hydroxylation is 1. The first-order chi connectivity index (χ1) is 10.9. The van der Waals surface area contributed by atoms with Gasteiger partial charge in [-0.05, 0) is 31.9 Å². The molecule has 1 aliphatic heterocycles. The topological polar surface area (TPSA) is 92.3 Å². The maximum Gasteiger partial charge on any atom is 0.252 e. The summed E-state index contributed by atoms with van der Waals surface area (Å²) < 4.78 is 26.7. The van der Waals surface area contributed by atoms with Crippen LogP contribution in [0.3, 0.4) is 0 Å². The van der Waals surface area contributed by atoms with Gasteiger partial charge in [0.15, 0.2) is 0 Å². The highest BCUT2D eigenvalue weighted by Gasteiger charge is 2.28. The molecule has 1 saturated heterocycles. The van der Waals surface area contributed by atoms with Gasteiger partial charge in [0, 0.05) is 18.0 Å². The third kappa shape index (κ3) is 3.77. The number of anilines is 1. The van der Waals surface area contributed by atoms with Gasteiger partial charge in [0.2, 0.25) is 11.0 Å². The molecule has 1 fully saturated rings. The molecule has 23 heavy (non-hydrogen) atoms. The maximum absolute atomic E-state index is 12.4. The number of hydrogen-bond acceptors (Lipinski definition) is 7. The minimum atomic E-state index is -3.41. The minimum Gasteiger partial charge on any atom is -0.300 e. The van der Waals surface area contributed by atoms with Crippen molar-refractivity contribution in [2.45, 2.75) is 30.4 Å². The standard InChI is InChI=1S/C13H16N4O3S3/c1-9-15-16-13(21-9)14-11(18)8-10-4-5-12(22-10)23(19,20)17-6-2-3-7-17/h4-5H,2-3,6-8H2,1H3,(H,14,16,18). The molecule has 2 aromatic heterocycles. The van der Waals surface area contributed by atoms with Crippen LogP contribution in [0.2, 0.25) is 0 Å². The normalized spacial score (nSPS) is 15.9. The highest BCUT2D eigenvalue weighted by molar-refractivity contribution is 7.91. The summed E-state index contributed by atoms with van der Waals surface area (Å²) in [5.41, 5.74) is 0. The van der Waals surface area contributed by atoms with Crippen molar-refractivity contribution in [1.82, 2.24) is 14.5 Å². The molecule has 0 aliphatic carbocycles. The molecule has 0 atom stereocenters. The Hall–Kier alpha value is -1.36. The molecule has 0 spiro atoms. The molecule has 10 heteroatoms.